The Balaban J connectivity index is 1.69. The van der Waals surface area contributed by atoms with Crippen LogP contribution in [-0.2, 0) is 4.74 Å². The molecule has 0 aromatic carbocycles. The lowest BCUT2D eigenvalue weighted by atomic mass is 9.88. The van der Waals surface area contributed by atoms with Crippen molar-refractivity contribution in [1.29, 1.82) is 0 Å². The maximum absolute atomic E-state index is 10.0. The Morgan fingerprint density at radius 2 is 1.69 bits per heavy atom. The van der Waals surface area contributed by atoms with Crippen LogP contribution in [0, 0.1) is 11.8 Å². The van der Waals surface area contributed by atoms with Crippen LogP contribution in [0.3, 0.4) is 0 Å². The van der Waals surface area contributed by atoms with Crippen LogP contribution >= 0.6 is 0 Å². The van der Waals surface area contributed by atoms with Crippen molar-refractivity contribution in [2.75, 3.05) is 6.61 Å². The van der Waals surface area contributed by atoms with Gasteiger partial charge in [-0.1, -0.05) is 32.6 Å². The van der Waals surface area contributed by atoms with Gasteiger partial charge >= 0.3 is 0 Å². The van der Waals surface area contributed by atoms with Crippen LogP contribution in [-0.4, -0.2) is 23.9 Å². The summed E-state index contributed by atoms with van der Waals surface area (Å²) in [4.78, 5) is 0. The molecule has 0 spiro atoms. The molecule has 0 heterocycles. The first kappa shape index (κ1) is 12.4. The third-order valence-corrected chi connectivity index (χ3v) is 4.46. The second-order valence-corrected chi connectivity index (χ2v) is 5.75. The molecule has 3 unspecified atom stereocenters. The molecule has 2 fully saturated rings. The minimum Gasteiger partial charge on any atom is -0.390 e. The number of hydrogen-bond donors (Lipinski definition) is 1. The van der Waals surface area contributed by atoms with E-state index in [1.54, 1.807) is 0 Å². The van der Waals surface area contributed by atoms with Gasteiger partial charge in [0.25, 0.3) is 0 Å². The van der Waals surface area contributed by atoms with E-state index in [2.05, 4.69) is 6.92 Å². The standard InChI is InChI=1S/C14H26O2/c1-11-6-2-5-9-14(11)16-10-13(15)12-7-3-4-8-12/h11-15H,2-10H2,1H3. The van der Waals surface area contributed by atoms with Gasteiger partial charge in [0, 0.05) is 0 Å². The second kappa shape index (κ2) is 6.02. The first-order chi connectivity index (χ1) is 7.77. The first-order valence-electron chi connectivity index (χ1n) is 7.07. The van der Waals surface area contributed by atoms with E-state index in [0.717, 1.165) is 0 Å². The topological polar surface area (TPSA) is 29.5 Å². The Morgan fingerprint density at radius 1 is 1.06 bits per heavy atom. The monoisotopic (exact) mass is 226 g/mol. The number of hydrogen-bond acceptors (Lipinski definition) is 2. The first-order valence-corrected chi connectivity index (χ1v) is 7.07. The molecular formula is C14H26O2. The van der Waals surface area contributed by atoms with Gasteiger partial charge in [-0.15, -0.1) is 0 Å². The van der Waals surface area contributed by atoms with E-state index < -0.39 is 0 Å². The molecular weight excluding hydrogens is 200 g/mol. The average molecular weight is 226 g/mol. The van der Waals surface area contributed by atoms with Crippen LogP contribution in [0.2, 0.25) is 0 Å². The van der Waals surface area contributed by atoms with Crippen LogP contribution < -0.4 is 0 Å². The SMILES string of the molecule is CC1CCCCC1OCC(O)C1CCCC1. The highest BCUT2D eigenvalue weighted by molar-refractivity contribution is 4.77. The summed E-state index contributed by atoms with van der Waals surface area (Å²) < 4.78 is 5.92. The van der Waals surface area contributed by atoms with E-state index in [1.807, 2.05) is 0 Å². The van der Waals surface area contributed by atoms with Gasteiger partial charge in [0.05, 0.1) is 18.8 Å². The number of ether oxygens (including phenoxy) is 1. The largest absolute Gasteiger partial charge is 0.390 e. The zero-order valence-corrected chi connectivity index (χ0v) is 10.5. The van der Waals surface area contributed by atoms with E-state index in [1.165, 1.54) is 51.4 Å². The minimum atomic E-state index is -0.211. The molecule has 2 saturated carbocycles. The van der Waals surface area contributed by atoms with Gasteiger partial charge in [-0.25, -0.2) is 0 Å². The second-order valence-electron chi connectivity index (χ2n) is 5.75. The quantitative estimate of drug-likeness (QED) is 0.798. The summed E-state index contributed by atoms with van der Waals surface area (Å²) in [5.41, 5.74) is 0. The molecule has 3 atom stereocenters. The summed E-state index contributed by atoms with van der Waals surface area (Å²) in [7, 11) is 0. The van der Waals surface area contributed by atoms with Gasteiger partial charge in [0.2, 0.25) is 0 Å². The summed E-state index contributed by atoms with van der Waals surface area (Å²) in [6.45, 7) is 2.85. The molecule has 0 radical (unpaired) electrons. The molecule has 2 aliphatic rings. The van der Waals surface area contributed by atoms with Crippen molar-refractivity contribution in [1.82, 2.24) is 0 Å². The zero-order chi connectivity index (χ0) is 11.4. The Hall–Kier alpha value is -0.0800. The molecule has 0 saturated heterocycles. The lowest BCUT2D eigenvalue weighted by Gasteiger charge is -2.30. The van der Waals surface area contributed by atoms with Crippen molar-refractivity contribution >= 4 is 0 Å². The van der Waals surface area contributed by atoms with Gasteiger partial charge in [-0.3, -0.25) is 0 Å². The summed E-state index contributed by atoms with van der Waals surface area (Å²) in [6, 6.07) is 0. The average Bonchev–Trinajstić information content (AvgIpc) is 2.81. The Labute approximate surface area is 99.4 Å². The molecule has 2 nitrogen and oxygen atoms in total. The molecule has 16 heavy (non-hydrogen) atoms. The highest BCUT2D eigenvalue weighted by Crippen LogP contribution is 2.30. The Bertz CT molecular complexity index is 199. The summed E-state index contributed by atoms with van der Waals surface area (Å²) in [5.74, 6) is 1.20. The fourth-order valence-corrected chi connectivity index (χ4v) is 3.23. The Kier molecular flexibility index (Phi) is 4.66. The smallest absolute Gasteiger partial charge is 0.0801 e. The predicted molar refractivity (Wildman–Crippen MR) is 65.3 cm³/mol. The molecule has 1 N–H and O–H groups in total. The van der Waals surface area contributed by atoms with Gasteiger partial charge in [-0.2, -0.15) is 0 Å². The van der Waals surface area contributed by atoms with Gasteiger partial charge < -0.3 is 9.84 Å². The van der Waals surface area contributed by atoms with Crippen molar-refractivity contribution in [2.24, 2.45) is 11.8 Å². The molecule has 0 aliphatic heterocycles. The lowest BCUT2D eigenvalue weighted by molar-refractivity contribution is -0.0601. The van der Waals surface area contributed by atoms with Crippen molar-refractivity contribution in [3.8, 4) is 0 Å². The van der Waals surface area contributed by atoms with Crippen LogP contribution in [0.5, 0.6) is 0 Å². The predicted octanol–water partition coefficient (Wildman–Crippen LogP) is 3.13. The van der Waals surface area contributed by atoms with Crippen molar-refractivity contribution in [2.45, 2.75) is 70.5 Å². The highest BCUT2D eigenvalue weighted by Gasteiger charge is 2.26. The summed E-state index contributed by atoms with van der Waals surface area (Å²) in [5, 5.41) is 10.0. The van der Waals surface area contributed by atoms with E-state index in [4.69, 9.17) is 4.74 Å². The molecule has 0 amide bonds. The van der Waals surface area contributed by atoms with E-state index >= 15 is 0 Å². The molecule has 94 valence electrons. The summed E-state index contributed by atoms with van der Waals surface area (Å²) >= 11 is 0. The summed E-state index contributed by atoms with van der Waals surface area (Å²) in [6.07, 6.45) is 10.3. The van der Waals surface area contributed by atoms with Gasteiger partial charge in [-0.05, 0) is 37.5 Å². The zero-order valence-electron chi connectivity index (χ0n) is 10.5. The number of aliphatic hydroxyl groups excluding tert-OH is 1. The fourth-order valence-electron chi connectivity index (χ4n) is 3.23. The van der Waals surface area contributed by atoms with Crippen LogP contribution in [0.25, 0.3) is 0 Å². The molecule has 0 aromatic heterocycles. The van der Waals surface area contributed by atoms with Crippen LogP contribution in [0.4, 0.5) is 0 Å². The molecule has 0 bridgehead atoms. The van der Waals surface area contributed by atoms with Crippen molar-refractivity contribution < 1.29 is 9.84 Å². The maximum Gasteiger partial charge on any atom is 0.0801 e. The number of aliphatic hydroxyl groups is 1. The Morgan fingerprint density at radius 3 is 2.38 bits per heavy atom. The molecule has 2 rings (SSSR count). The van der Waals surface area contributed by atoms with Crippen molar-refractivity contribution in [3.05, 3.63) is 0 Å². The third-order valence-electron chi connectivity index (χ3n) is 4.46. The molecule has 2 heteroatoms. The third kappa shape index (κ3) is 3.21. The van der Waals surface area contributed by atoms with E-state index in [9.17, 15) is 5.11 Å². The molecule has 2 aliphatic carbocycles. The van der Waals surface area contributed by atoms with E-state index in [-0.39, 0.29) is 6.10 Å². The molecule has 0 aromatic rings. The number of rotatable bonds is 4. The van der Waals surface area contributed by atoms with Crippen molar-refractivity contribution in [3.63, 3.8) is 0 Å². The lowest BCUT2D eigenvalue weighted by Crippen LogP contribution is -2.31. The highest BCUT2D eigenvalue weighted by atomic mass is 16.5. The maximum atomic E-state index is 10.0. The van der Waals surface area contributed by atoms with E-state index in [0.29, 0.717) is 24.5 Å². The van der Waals surface area contributed by atoms with Crippen LogP contribution in [0.1, 0.15) is 58.3 Å². The van der Waals surface area contributed by atoms with Crippen LogP contribution in [0.15, 0.2) is 0 Å². The minimum absolute atomic E-state index is 0.211. The van der Waals surface area contributed by atoms with Gasteiger partial charge in [0.1, 0.15) is 0 Å². The fraction of sp³-hybridized carbons (Fsp3) is 1.00. The normalized spacial score (nSPS) is 34.1. The van der Waals surface area contributed by atoms with Gasteiger partial charge in [0.15, 0.2) is 0 Å².